The Morgan fingerprint density at radius 2 is 1.93 bits per heavy atom. The van der Waals surface area contributed by atoms with Gasteiger partial charge in [0.1, 0.15) is 0 Å². The third-order valence-corrected chi connectivity index (χ3v) is 3.87. The molecule has 1 fully saturated rings. The van der Waals surface area contributed by atoms with Crippen LogP contribution in [0.1, 0.15) is 47.0 Å². The monoisotopic (exact) mass is 212 g/mol. The zero-order valence-corrected chi connectivity index (χ0v) is 10.3. The number of nitrogens with one attached hydrogen (secondary N) is 1. The zero-order chi connectivity index (χ0) is 11.6. The molecule has 3 heteroatoms. The topological polar surface area (TPSA) is 55.1 Å². The molecule has 0 spiro atoms. The van der Waals surface area contributed by atoms with Gasteiger partial charge in [0.15, 0.2) is 0 Å². The molecular formula is C12H24N2O. The quantitative estimate of drug-likeness (QED) is 0.747. The fourth-order valence-corrected chi connectivity index (χ4v) is 2.32. The molecule has 1 amide bonds. The number of hydrogen-bond donors (Lipinski definition) is 2. The molecular weight excluding hydrogens is 188 g/mol. The minimum absolute atomic E-state index is 0.270. The zero-order valence-electron chi connectivity index (χ0n) is 10.3. The Kier molecular flexibility index (Phi) is 3.77. The predicted molar refractivity (Wildman–Crippen MR) is 62.4 cm³/mol. The Morgan fingerprint density at radius 3 is 2.47 bits per heavy atom. The third-order valence-electron chi connectivity index (χ3n) is 3.87. The lowest BCUT2D eigenvalue weighted by Crippen LogP contribution is -2.57. The van der Waals surface area contributed by atoms with Crippen LogP contribution in [0, 0.1) is 11.8 Å². The lowest BCUT2D eigenvalue weighted by molar-refractivity contribution is -0.123. The first-order chi connectivity index (χ1) is 6.84. The van der Waals surface area contributed by atoms with Gasteiger partial charge in [-0.3, -0.25) is 4.79 Å². The number of carbonyl (C=O) groups excluding carboxylic acids is 1. The fourth-order valence-electron chi connectivity index (χ4n) is 2.32. The molecule has 0 aromatic rings. The van der Waals surface area contributed by atoms with Gasteiger partial charge in [-0.15, -0.1) is 0 Å². The van der Waals surface area contributed by atoms with Crippen LogP contribution in [0.4, 0.5) is 0 Å². The average molecular weight is 212 g/mol. The van der Waals surface area contributed by atoms with Crippen molar-refractivity contribution in [3.63, 3.8) is 0 Å². The highest BCUT2D eigenvalue weighted by Gasteiger charge is 2.33. The van der Waals surface area contributed by atoms with E-state index in [2.05, 4.69) is 19.2 Å². The predicted octanol–water partition coefficient (Wildman–Crippen LogP) is 1.66. The van der Waals surface area contributed by atoms with E-state index >= 15 is 0 Å². The Labute approximate surface area is 92.8 Å². The van der Waals surface area contributed by atoms with Gasteiger partial charge in [-0.05, 0) is 32.1 Å². The summed E-state index contributed by atoms with van der Waals surface area (Å²) >= 11 is 0. The van der Waals surface area contributed by atoms with E-state index in [1.807, 2.05) is 13.8 Å². The summed E-state index contributed by atoms with van der Waals surface area (Å²) in [5.41, 5.74) is 4.78. The van der Waals surface area contributed by atoms with Crippen molar-refractivity contribution >= 4 is 5.91 Å². The maximum Gasteiger partial charge on any atom is 0.237 e. The summed E-state index contributed by atoms with van der Waals surface area (Å²) in [7, 11) is 0. The number of primary amides is 1. The first-order valence-corrected chi connectivity index (χ1v) is 5.92. The molecule has 3 N–H and O–H groups in total. The molecule has 1 rings (SSSR count). The summed E-state index contributed by atoms with van der Waals surface area (Å²) in [4.78, 5) is 11.2. The van der Waals surface area contributed by atoms with Gasteiger partial charge in [0.05, 0.1) is 5.54 Å². The molecule has 0 saturated heterocycles. The summed E-state index contributed by atoms with van der Waals surface area (Å²) in [5.74, 6) is 1.09. The molecule has 88 valence electrons. The smallest absolute Gasteiger partial charge is 0.237 e. The summed E-state index contributed by atoms with van der Waals surface area (Å²) in [6, 6.07) is 0.427. The van der Waals surface area contributed by atoms with E-state index in [1.54, 1.807) is 0 Å². The van der Waals surface area contributed by atoms with Crippen LogP contribution in [0.25, 0.3) is 0 Å². The molecule has 0 aromatic carbocycles. The number of rotatable bonds is 3. The molecule has 0 aliphatic heterocycles. The molecule has 3 atom stereocenters. The summed E-state index contributed by atoms with van der Waals surface area (Å²) in [6.07, 6.45) is 3.70. The lowest BCUT2D eigenvalue weighted by Gasteiger charge is -2.39. The van der Waals surface area contributed by atoms with E-state index in [-0.39, 0.29) is 5.91 Å². The number of hydrogen-bond acceptors (Lipinski definition) is 2. The summed E-state index contributed by atoms with van der Waals surface area (Å²) < 4.78 is 0. The molecule has 0 bridgehead atoms. The van der Waals surface area contributed by atoms with Crippen molar-refractivity contribution in [2.75, 3.05) is 0 Å². The maximum atomic E-state index is 11.2. The van der Waals surface area contributed by atoms with Crippen molar-refractivity contribution in [3.05, 3.63) is 0 Å². The third kappa shape index (κ3) is 2.94. The SMILES string of the molecule is CC1CCCC(NC(C)(C)C(N)=O)C1C. The number of carbonyl (C=O) groups is 1. The molecule has 0 aromatic heterocycles. The van der Waals surface area contributed by atoms with Crippen LogP contribution < -0.4 is 11.1 Å². The van der Waals surface area contributed by atoms with Gasteiger partial charge in [0.2, 0.25) is 5.91 Å². The minimum atomic E-state index is -0.587. The number of nitrogens with two attached hydrogens (primary N) is 1. The highest BCUT2D eigenvalue weighted by molar-refractivity contribution is 5.83. The Balaban J connectivity index is 2.61. The van der Waals surface area contributed by atoms with Crippen molar-refractivity contribution in [3.8, 4) is 0 Å². The van der Waals surface area contributed by atoms with E-state index < -0.39 is 5.54 Å². The standard InChI is InChI=1S/C12H24N2O/c1-8-6-5-7-10(9(8)2)14-12(3,4)11(13)15/h8-10,14H,5-7H2,1-4H3,(H2,13,15). The van der Waals surface area contributed by atoms with Crippen LogP contribution in [0.2, 0.25) is 0 Å². The van der Waals surface area contributed by atoms with Crippen LogP contribution in [-0.4, -0.2) is 17.5 Å². The second kappa shape index (κ2) is 4.52. The molecule has 0 heterocycles. The van der Waals surface area contributed by atoms with E-state index in [0.29, 0.717) is 12.0 Å². The highest BCUT2D eigenvalue weighted by atomic mass is 16.1. The average Bonchev–Trinajstić information content (AvgIpc) is 2.12. The first kappa shape index (κ1) is 12.5. The maximum absolute atomic E-state index is 11.2. The lowest BCUT2D eigenvalue weighted by atomic mass is 9.77. The van der Waals surface area contributed by atoms with Crippen molar-refractivity contribution in [2.45, 2.75) is 58.5 Å². The Morgan fingerprint density at radius 1 is 1.33 bits per heavy atom. The second-order valence-corrected chi connectivity index (χ2v) is 5.51. The van der Waals surface area contributed by atoms with Crippen LogP contribution in [0.5, 0.6) is 0 Å². The van der Waals surface area contributed by atoms with Crippen molar-refractivity contribution in [2.24, 2.45) is 17.6 Å². The van der Waals surface area contributed by atoms with Crippen molar-refractivity contribution < 1.29 is 4.79 Å². The number of amides is 1. The van der Waals surface area contributed by atoms with E-state index in [4.69, 9.17) is 5.73 Å². The van der Waals surface area contributed by atoms with Crippen molar-refractivity contribution in [1.82, 2.24) is 5.32 Å². The minimum Gasteiger partial charge on any atom is -0.368 e. The molecule has 15 heavy (non-hydrogen) atoms. The summed E-state index contributed by atoms with van der Waals surface area (Å²) in [5, 5.41) is 3.40. The van der Waals surface area contributed by atoms with Gasteiger partial charge in [0, 0.05) is 6.04 Å². The molecule has 3 unspecified atom stereocenters. The molecule has 1 aliphatic rings. The van der Waals surface area contributed by atoms with Gasteiger partial charge < -0.3 is 11.1 Å². The van der Waals surface area contributed by atoms with Crippen LogP contribution >= 0.6 is 0 Å². The van der Waals surface area contributed by atoms with E-state index in [0.717, 1.165) is 12.3 Å². The van der Waals surface area contributed by atoms with Gasteiger partial charge in [-0.2, -0.15) is 0 Å². The molecule has 1 saturated carbocycles. The van der Waals surface area contributed by atoms with E-state index in [1.165, 1.54) is 12.8 Å². The molecule has 3 nitrogen and oxygen atoms in total. The molecule has 1 aliphatic carbocycles. The van der Waals surface area contributed by atoms with Gasteiger partial charge in [0.25, 0.3) is 0 Å². The van der Waals surface area contributed by atoms with Crippen LogP contribution in [-0.2, 0) is 4.79 Å². The van der Waals surface area contributed by atoms with Crippen molar-refractivity contribution in [1.29, 1.82) is 0 Å². The normalized spacial score (nSPS) is 32.7. The molecule has 0 radical (unpaired) electrons. The van der Waals surface area contributed by atoms with Crippen LogP contribution in [0.3, 0.4) is 0 Å². The summed E-state index contributed by atoms with van der Waals surface area (Å²) in [6.45, 7) is 8.27. The second-order valence-electron chi connectivity index (χ2n) is 5.51. The highest BCUT2D eigenvalue weighted by Crippen LogP contribution is 2.30. The largest absolute Gasteiger partial charge is 0.368 e. The van der Waals surface area contributed by atoms with Gasteiger partial charge in [-0.1, -0.05) is 26.7 Å². The van der Waals surface area contributed by atoms with Gasteiger partial charge >= 0.3 is 0 Å². The first-order valence-electron chi connectivity index (χ1n) is 5.92. The van der Waals surface area contributed by atoms with E-state index in [9.17, 15) is 4.79 Å². The van der Waals surface area contributed by atoms with Gasteiger partial charge in [-0.25, -0.2) is 0 Å². The Hall–Kier alpha value is -0.570. The van der Waals surface area contributed by atoms with Crippen LogP contribution in [0.15, 0.2) is 0 Å². The fraction of sp³-hybridized carbons (Fsp3) is 0.917. The Bertz CT molecular complexity index is 238.